The summed E-state index contributed by atoms with van der Waals surface area (Å²) in [6, 6.07) is 21.0. The Kier molecular flexibility index (Phi) is 15.6. The van der Waals surface area contributed by atoms with Crippen LogP contribution in [0.3, 0.4) is 0 Å². The van der Waals surface area contributed by atoms with Gasteiger partial charge in [0.2, 0.25) is 23.6 Å². The number of aliphatic imine (C=N–C) groups is 1. The summed E-state index contributed by atoms with van der Waals surface area (Å²) < 4.78 is 16.3. The number of carbonyl (C=O) groups excluding carboxylic acids is 4. The van der Waals surface area contributed by atoms with Crippen LogP contribution in [-0.4, -0.2) is 109 Å². The van der Waals surface area contributed by atoms with Gasteiger partial charge in [-0.2, -0.15) is 0 Å². The van der Waals surface area contributed by atoms with E-state index >= 15 is 0 Å². The van der Waals surface area contributed by atoms with Gasteiger partial charge in [0.25, 0.3) is 0 Å². The van der Waals surface area contributed by atoms with E-state index in [2.05, 4.69) is 63.4 Å². The Morgan fingerprint density at radius 1 is 0.926 bits per heavy atom. The number of aliphatic hydroxyl groups excluding tert-OH is 1. The monoisotopic (exact) mass is 1150 g/mol. The molecule has 6 heterocycles. The van der Waals surface area contributed by atoms with Crippen molar-refractivity contribution in [1.82, 2.24) is 40.6 Å². The van der Waals surface area contributed by atoms with Gasteiger partial charge >= 0.3 is 7.12 Å². The number of carbonyl (C=O) groups is 4. The van der Waals surface area contributed by atoms with Crippen molar-refractivity contribution in [3.63, 3.8) is 0 Å². The lowest BCUT2D eigenvalue weighted by Gasteiger charge is -2.65. The van der Waals surface area contributed by atoms with Crippen molar-refractivity contribution < 1.29 is 33.6 Å². The predicted molar refractivity (Wildman–Crippen MR) is 316 cm³/mol. The van der Waals surface area contributed by atoms with Crippen LogP contribution in [0.2, 0.25) is 5.02 Å². The molecule has 5 fully saturated rings. The molecule has 16 nitrogen and oxygen atoms in total. The number of β-amino-alcohol motifs (C(OH)–C–C–N with tert-alkyl or cyclic N) is 1. The topological polar surface area (TPSA) is 202 Å². The van der Waals surface area contributed by atoms with Gasteiger partial charge in [-0.25, -0.2) is 4.98 Å². The molecule has 81 heavy (non-hydrogen) atoms. The number of aromatic nitrogens is 4. The molecule has 3 aliphatic heterocycles. The molecule has 2 saturated heterocycles. The number of benzene rings is 3. The van der Waals surface area contributed by atoms with E-state index in [1.165, 1.54) is 9.78 Å². The first-order valence-electron chi connectivity index (χ1n) is 28.2. The normalized spacial score (nSPS) is 23.8. The van der Waals surface area contributed by atoms with E-state index in [-0.39, 0.29) is 67.5 Å². The average molecular weight is 1150 g/mol. The average Bonchev–Trinajstić information content (AvgIpc) is 4.28. The van der Waals surface area contributed by atoms with Gasteiger partial charge in [0.15, 0.2) is 5.82 Å². The second-order valence-electron chi connectivity index (χ2n) is 24.4. The third-order valence-corrected chi connectivity index (χ3v) is 20.4. The lowest BCUT2D eigenvalue weighted by atomic mass is 9.43. The van der Waals surface area contributed by atoms with Gasteiger partial charge in [-0.05, 0) is 116 Å². The first kappa shape index (κ1) is 56.8. The molecule has 8 atom stereocenters. The van der Waals surface area contributed by atoms with E-state index in [1.54, 1.807) is 22.7 Å². The quantitative estimate of drug-likeness (QED) is 0.0681. The number of fused-ring (bicyclic) bond motifs is 3. The number of aryl methyl sites for hydroxylation is 4. The molecule has 3 aromatic carbocycles. The molecule has 4 N–H and O–H groups in total. The van der Waals surface area contributed by atoms with Gasteiger partial charge < -0.3 is 35.3 Å². The molecule has 2 bridgehead atoms. The Labute approximate surface area is 487 Å². The number of rotatable bonds is 16. The van der Waals surface area contributed by atoms with Crippen LogP contribution in [0.4, 0.5) is 0 Å². The number of hydrogen-bond donors (Lipinski definition) is 4. The molecule has 0 unspecified atom stereocenters. The molecular weight excluding hydrogens is 1080 g/mol. The van der Waals surface area contributed by atoms with Gasteiger partial charge in [0.05, 0.1) is 46.0 Å². The number of nitrogens with zero attached hydrogens (tertiary/aromatic N) is 6. The standard InChI is InChI=1S/C61H71BClN9O7S2/c1-33-35(3)81-58-51(33)52(39-18-21-42(63)22-19-39)67-45(55-70-69-36(4)72(55)58)29-50(75)64-25-24-61-47-26-41(60(47,8)9)27-48(61)78-62(79-61)44-13-11-10-12-38(44)20-23-49(74)68-54(59(5,6)7)57(77)71-31-43(73)28-46(71)56(76)65-30-37-14-16-40(17-15-37)53-34(2)66-32-80-53/h10-19,21-22,32,41,43,45-48,54,73H,20,23-31H2,1-9H3,(H,64,75)(H,65,76)(H,68,74)/t41-,43-,45+,46+,47-,48+,54-,61-/m1/s1. The van der Waals surface area contributed by atoms with Gasteiger partial charge in [0.1, 0.15) is 29.0 Å². The third-order valence-electron chi connectivity index (χ3n) is 17.9. The van der Waals surface area contributed by atoms with Crippen LogP contribution in [0, 0.1) is 50.4 Å². The third kappa shape index (κ3) is 10.8. The summed E-state index contributed by atoms with van der Waals surface area (Å²) in [6.45, 7) is 19.0. The Bertz CT molecular complexity index is 3430. The van der Waals surface area contributed by atoms with E-state index < -0.39 is 48.3 Å². The zero-order chi connectivity index (χ0) is 57.3. The summed E-state index contributed by atoms with van der Waals surface area (Å²) in [4.78, 5) is 69.9. The fourth-order valence-corrected chi connectivity index (χ4v) is 15.3. The highest BCUT2D eigenvalue weighted by Gasteiger charge is 2.69. The van der Waals surface area contributed by atoms with Crippen molar-refractivity contribution in [2.75, 3.05) is 13.1 Å². The van der Waals surface area contributed by atoms with Crippen molar-refractivity contribution in [2.45, 2.75) is 150 Å². The fourth-order valence-electron chi connectivity index (χ4n) is 13.2. The lowest BCUT2D eigenvalue weighted by Crippen LogP contribution is -2.67. The molecule has 424 valence electrons. The Hall–Kier alpha value is -6.09. The predicted octanol–water partition coefficient (Wildman–Crippen LogP) is 8.49. The van der Waals surface area contributed by atoms with Crippen LogP contribution in [-0.2, 0) is 41.5 Å². The van der Waals surface area contributed by atoms with Gasteiger partial charge in [-0.1, -0.05) is 107 Å². The van der Waals surface area contributed by atoms with Crippen molar-refractivity contribution in [2.24, 2.45) is 27.7 Å². The summed E-state index contributed by atoms with van der Waals surface area (Å²) >= 11 is 9.59. The van der Waals surface area contributed by atoms with Crippen LogP contribution < -0.4 is 21.4 Å². The molecule has 12 rings (SSSR count). The second-order valence-corrected chi connectivity index (χ2v) is 26.9. The molecule has 4 amide bonds. The van der Waals surface area contributed by atoms with E-state index in [0.29, 0.717) is 36.2 Å². The largest absolute Gasteiger partial charge is 0.494 e. The first-order chi connectivity index (χ1) is 38.6. The Morgan fingerprint density at radius 3 is 2.38 bits per heavy atom. The molecular formula is C61H71BClN9O7S2. The van der Waals surface area contributed by atoms with Crippen molar-refractivity contribution in [1.29, 1.82) is 0 Å². The maximum atomic E-state index is 14.5. The van der Waals surface area contributed by atoms with Gasteiger partial charge in [-0.3, -0.25) is 28.7 Å². The number of thiophene rings is 1. The van der Waals surface area contributed by atoms with E-state index in [9.17, 15) is 24.3 Å². The van der Waals surface area contributed by atoms with Crippen LogP contribution in [0.1, 0.15) is 129 Å². The van der Waals surface area contributed by atoms with E-state index in [4.69, 9.17) is 25.9 Å². The van der Waals surface area contributed by atoms with E-state index in [0.717, 1.165) is 78.8 Å². The highest BCUT2D eigenvalue weighted by atomic mass is 35.5. The minimum absolute atomic E-state index is 0.00878. The highest BCUT2D eigenvalue weighted by Crippen LogP contribution is 2.66. The van der Waals surface area contributed by atoms with Crippen LogP contribution in [0.15, 0.2) is 83.3 Å². The van der Waals surface area contributed by atoms with Crippen molar-refractivity contribution in [3.05, 3.63) is 133 Å². The fraction of sp³-hybridized carbons (Fsp3) is 0.475. The molecule has 0 radical (unpaired) electrons. The minimum Gasteiger partial charge on any atom is -0.401 e. The summed E-state index contributed by atoms with van der Waals surface area (Å²) in [5.41, 5.74) is 8.89. The summed E-state index contributed by atoms with van der Waals surface area (Å²) in [6.07, 6.45) is 1.88. The van der Waals surface area contributed by atoms with Crippen molar-refractivity contribution in [3.8, 4) is 15.4 Å². The minimum atomic E-state index is -0.970. The van der Waals surface area contributed by atoms with Crippen LogP contribution in [0.5, 0.6) is 0 Å². The van der Waals surface area contributed by atoms with E-state index in [1.807, 2.05) is 113 Å². The molecule has 6 aliphatic rings. The lowest BCUT2D eigenvalue weighted by molar-refractivity contribution is -0.209. The number of likely N-dealkylation sites (tertiary alicyclic amines) is 1. The zero-order valence-corrected chi connectivity index (χ0v) is 49.9. The summed E-state index contributed by atoms with van der Waals surface area (Å²) in [5, 5.41) is 30.8. The number of hydrogen-bond acceptors (Lipinski definition) is 13. The van der Waals surface area contributed by atoms with Crippen molar-refractivity contribution >= 4 is 76.2 Å². The number of aliphatic hydroxyl groups is 1. The zero-order valence-electron chi connectivity index (χ0n) is 47.5. The van der Waals surface area contributed by atoms with Gasteiger partial charge in [0, 0.05) is 53.5 Å². The molecule has 20 heteroatoms. The molecule has 3 aliphatic carbocycles. The maximum Gasteiger partial charge on any atom is 0.494 e. The van der Waals surface area contributed by atoms with Crippen LogP contribution in [0.25, 0.3) is 15.4 Å². The number of thiazole rings is 1. The molecule has 6 aromatic rings. The molecule has 3 saturated carbocycles. The number of halogens is 1. The number of amides is 4. The summed E-state index contributed by atoms with van der Waals surface area (Å²) in [7, 11) is -0.698. The smallest absolute Gasteiger partial charge is 0.401 e. The first-order valence-corrected chi connectivity index (χ1v) is 30.3. The summed E-state index contributed by atoms with van der Waals surface area (Å²) in [5.74, 6) is 0.752. The molecule has 0 spiro atoms. The van der Waals surface area contributed by atoms with Gasteiger partial charge in [-0.15, -0.1) is 32.9 Å². The Morgan fingerprint density at radius 2 is 1.67 bits per heavy atom. The number of nitrogens with one attached hydrogen (secondary N) is 3. The molecule has 3 aromatic heterocycles. The second kappa shape index (κ2) is 22.2. The van der Waals surface area contributed by atoms with Crippen LogP contribution >= 0.6 is 34.3 Å². The highest BCUT2D eigenvalue weighted by molar-refractivity contribution is 7.15. The SMILES string of the molecule is Cc1ncsc1-c1ccc(CNC(=O)[C@@H]2C[C@@H](O)CN2C(=O)[C@@H](NC(=O)CCc2ccccc2B2O[C@H]3C[C@H]4C[C@H](C4(C)C)[C@@]3(CCNC(=O)C[C@@H]3N=C(c4ccc(Cl)cc4)c4c(sc(C)c4C)-n4c(C)nnc43)O2)C(C)(C)C)cc1. The Balaban J connectivity index is 0.744. The maximum absolute atomic E-state index is 14.5.